The lowest BCUT2D eigenvalue weighted by molar-refractivity contribution is -0.131. The molecule has 4 rings (SSSR count). The average Bonchev–Trinajstić information content (AvgIpc) is 3.36. The van der Waals surface area contributed by atoms with Gasteiger partial charge in [0.1, 0.15) is 11.6 Å². The Labute approximate surface area is 181 Å². The van der Waals surface area contributed by atoms with E-state index in [9.17, 15) is 4.79 Å². The van der Waals surface area contributed by atoms with Crippen LogP contribution in [-0.4, -0.2) is 36.3 Å². The highest BCUT2D eigenvalue weighted by Gasteiger charge is 2.29. The van der Waals surface area contributed by atoms with Crippen LogP contribution >= 0.6 is 11.3 Å². The lowest BCUT2D eigenvalue weighted by atomic mass is 10.1. The van der Waals surface area contributed by atoms with E-state index < -0.39 is 0 Å². The van der Waals surface area contributed by atoms with E-state index in [0.29, 0.717) is 6.42 Å². The highest BCUT2D eigenvalue weighted by atomic mass is 32.1. The van der Waals surface area contributed by atoms with Gasteiger partial charge in [-0.2, -0.15) is 0 Å². The second-order valence-electron chi connectivity index (χ2n) is 7.77. The molecule has 1 atom stereocenters. The zero-order chi connectivity index (χ0) is 21.1. The van der Waals surface area contributed by atoms with Gasteiger partial charge in [0.05, 0.1) is 13.5 Å². The fourth-order valence-corrected chi connectivity index (χ4v) is 5.54. The Bertz CT molecular complexity index is 1060. The topological polar surface area (TPSA) is 79.4 Å². The summed E-state index contributed by atoms with van der Waals surface area (Å²) in [4.78, 5) is 16.1. The summed E-state index contributed by atoms with van der Waals surface area (Å²) < 4.78 is 6.79. The SMILES string of the molecule is COc1c(CCC2CCCN2C(=O)Cc2ccccc2)sc2cc(C(=N)N)ccc12. The van der Waals surface area contributed by atoms with Crippen molar-refractivity contribution in [1.29, 1.82) is 5.41 Å². The molecule has 0 saturated carbocycles. The van der Waals surface area contributed by atoms with Gasteiger partial charge in [-0.3, -0.25) is 10.2 Å². The van der Waals surface area contributed by atoms with Crippen LogP contribution in [-0.2, 0) is 17.6 Å². The van der Waals surface area contributed by atoms with Gasteiger partial charge in [0.2, 0.25) is 5.91 Å². The van der Waals surface area contributed by atoms with Gasteiger partial charge < -0.3 is 15.4 Å². The lowest BCUT2D eigenvalue weighted by Crippen LogP contribution is -2.36. The number of thiophene rings is 1. The highest BCUT2D eigenvalue weighted by molar-refractivity contribution is 7.19. The van der Waals surface area contributed by atoms with Crippen molar-refractivity contribution in [1.82, 2.24) is 4.90 Å². The molecular formula is C24H27N3O2S. The summed E-state index contributed by atoms with van der Waals surface area (Å²) in [6.07, 6.45) is 4.40. The van der Waals surface area contributed by atoms with Gasteiger partial charge in [-0.05, 0) is 43.4 Å². The Balaban J connectivity index is 1.47. The largest absolute Gasteiger partial charge is 0.495 e. The maximum Gasteiger partial charge on any atom is 0.227 e. The van der Waals surface area contributed by atoms with Gasteiger partial charge in [0.25, 0.3) is 0 Å². The van der Waals surface area contributed by atoms with Crippen LogP contribution < -0.4 is 10.5 Å². The summed E-state index contributed by atoms with van der Waals surface area (Å²) in [5, 5.41) is 8.73. The molecule has 0 aliphatic carbocycles. The van der Waals surface area contributed by atoms with Crippen molar-refractivity contribution in [2.45, 2.75) is 38.1 Å². The molecule has 2 heterocycles. The first-order chi connectivity index (χ1) is 14.6. The molecule has 6 heteroatoms. The van der Waals surface area contributed by atoms with Gasteiger partial charge in [-0.25, -0.2) is 0 Å². The fourth-order valence-electron chi connectivity index (χ4n) is 4.31. The maximum absolute atomic E-state index is 12.9. The van der Waals surface area contributed by atoms with Gasteiger partial charge in [-0.15, -0.1) is 11.3 Å². The number of nitrogen functional groups attached to an aromatic ring is 1. The number of nitrogens with zero attached hydrogens (tertiary/aromatic N) is 1. The molecule has 1 aliphatic rings. The number of carbonyl (C=O) groups is 1. The number of amidine groups is 1. The zero-order valence-corrected chi connectivity index (χ0v) is 18.0. The first-order valence-corrected chi connectivity index (χ1v) is 11.2. The highest BCUT2D eigenvalue weighted by Crippen LogP contribution is 2.39. The Kier molecular flexibility index (Phi) is 6.04. The summed E-state index contributed by atoms with van der Waals surface area (Å²) in [6, 6.07) is 16.1. The maximum atomic E-state index is 12.9. The molecule has 0 radical (unpaired) electrons. The average molecular weight is 422 g/mol. The third-order valence-electron chi connectivity index (χ3n) is 5.83. The van der Waals surface area contributed by atoms with Crippen molar-refractivity contribution in [2.75, 3.05) is 13.7 Å². The number of carbonyl (C=O) groups excluding carboxylic acids is 1. The van der Waals surface area contributed by atoms with Crippen LogP contribution in [0.1, 0.15) is 35.3 Å². The summed E-state index contributed by atoms with van der Waals surface area (Å²) in [7, 11) is 1.70. The van der Waals surface area contributed by atoms with Crippen molar-refractivity contribution in [3.05, 3.63) is 64.5 Å². The molecule has 1 fully saturated rings. The van der Waals surface area contributed by atoms with Gasteiger partial charge in [-0.1, -0.05) is 36.4 Å². The molecular weight excluding hydrogens is 394 g/mol. The quantitative estimate of drug-likeness (QED) is 0.439. The number of nitrogens with two attached hydrogens (primary N) is 1. The molecule has 30 heavy (non-hydrogen) atoms. The van der Waals surface area contributed by atoms with E-state index in [2.05, 4.69) is 4.90 Å². The number of amides is 1. The van der Waals surface area contributed by atoms with Gasteiger partial charge >= 0.3 is 0 Å². The molecule has 0 bridgehead atoms. The van der Waals surface area contributed by atoms with E-state index in [1.54, 1.807) is 18.4 Å². The minimum Gasteiger partial charge on any atom is -0.495 e. The molecule has 1 aliphatic heterocycles. The third kappa shape index (κ3) is 4.19. The first-order valence-electron chi connectivity index (χ1n) is 10.3. The molecule has 1 amide bonds. The van der Waals surface area contributed by atoms with Crippen molar-refractivity contribution < 1.29 is 9.53 Å². The van der Waals surface area contributed by atoms with Gasteiger partial charge in [0, 0.05) is 33.1 Å². The smallest absolute Gasteiger partial charge is 0.227 e. The van der Waals surface area contributed by atoms with E-state index in [1.807, 2.05) is 48.5 Å². The number of hydrogen-bond acceptors (Lipinski definition) is 4. The van der Waals surface area contributed by atoms with Crippen LogP contribution in [0, 0.1) is 5.41 Å². The van der Waals surface area contributed by atoms with Crippen LogP contribution in [0.4, 0.5) is 0 Å². The number of aryl methyl sites for hydroxylation is 1. The fraction of sp³-hybridized carbons (Fsp3) is 0.333. The molecule has 2 aromatic carbocycles. The summed E-state index contributed by atoms with van der Waals surface area (Å²) >= 11 is 1.70. The van der Waals surface area contributed by atoms with Crippen molar-refractivity contribution >= 4 is 33.2 Å². The van der Waals surface area contributed by atoms with Crippen LogP contribution in [0.15, 0.2) is 48.5 Å². The minimum absolute atomic E-state index is 0.0735. The predicted octanol–water partition coefficient (Wildman–Crippen LogP) is 4.36. The molecule has 1 aromatic heterocycles. The number of benzene rings is 2. The van der Waals surface area contributed by atoms with Crippen LogP contribution in [0.25, 0.3) is 10.1 Å². The van der Waals surface area contributed by atoms with E-state index in [4.69, 9.17) is 15.9 Å². The lowest BCUT2D eigenvalue weighted by Gasteiger charge is -2.25. The van der Waals surface area contributed by atoms with E-state index in [0.717, 1.165) is 59.2 Å². The molecule has 3 aromatic rings. The minimum atomic E-state index is 0.0735. The molecule has 5 nitrogen and oxygen atoms in total. The van der Waals surface area contributed by atoms with E-state index in [-0.39, 0.29) is 17.8 Å². The number of nitrogens with one attached hydrogen (secondary N) is 1. The Morgan fingerprint density at radius 1 is 1.27 bits per heavy atom. The van der Waals surface area contributed by atoms with Crippen LogP contribution in [0.2, 0.25) is 0 Å². The van der Waals surface area contributed by atoms with Crippen molar-refractivity contribution in [3.63, 3.8) is 0 Å². The normalized spacial score (nSPS) is 16.2. The first kappa shape index (κ1) is 20.4. The van der Waals surface area contributed by atoms with Crippen molar-refractivity contribution in [3.8, 4) is 5.75 Å². The standard InChI is InChI=1S/C24H27N3O2S/c1-29-23-19-11-9-17(24(25)26)15-21(19)30-20(23)12-10-18-8-5-13-27(18)22(28)14-16-6-3-2-4-7-16/h2-4,6-7,9,11,15,18H,5,8,10,12-14H2,1H3,(H3,25,26). The third-order valence-corrected chi connectivity index (χ3v) is 7.02. The van der Waals surface area contributed by atoms with E-state index in [1.165, 1.54) is 4.88 Å². The molecule has 1 saturated heterocycles. The van der Waals surface area contributed by atoms with Crippen LogP contribution in [0.5, 0.6) is 5.75 Å². The summed E-state index contributed by atoms with van der Waals surface area (Å²) in [5.74, 6) is 1.20. The second-order valence-corrected chi connectivity index (χ2v) is 8.90. The molecule has 156 valence electrons. The molecule has 1 unspecified atom stereocenters. The summed E-state index contributed by atoms with van der Waals surface area (Å²) in [5.41, 5.74) is 7.44. The predicted molar refractivity (Wildman–Crippen MR) is 123 cm³/mol. The number of rotatable bonds is 7. The number of methoxy groups -OCH3 is 1. The van der Waals surface area contributed by atoms with Crippen LogP contribution in [0.3, 0.4) is 0 Å². The van der Waals surface area contributed by atoms with Gasteiger partial charge in [0.15, 0.2) is 0 Å². The molecule has 0 spiro atoms. The van der Waals surface area contributed by atoms with Crippen molar-refractivity contribution in [2.24, 2.45) is 5.73 Å². The number of hydrogen-bond donors (Lipinski definition) is 2. The monoisotopic (exact) mass is 421 g/mol. The second kappa shape index (κ2) is 8.88. The molecule has 3 N–H and O–H groups in total. The number of fused-ring (bicyclic) bond motifs is 1. The summed E-state index contributed by atoms with van der Waals surface area (Å²) in [6.45, 7) is 0.849. The number of ether oxygens (including phenoxy) is 1. The van der Waals surface area contributed by atoms with E-state index >= 15 is 0 Å². The Morgan fingerprint density at radius 3 is 2.80 bits per heavy atom. The Morgan fingerprint density at radius 2 is 2.07 bits per heavy atom. The Hall–Kier alpha value is -2.86. The zero-order valence-electron chi connectivity index (χ0n) is 17.2. The number of likely N-dealkylation sites (tertiary alicyclic amines) is 1.